The second-order valence-electron chi connectivity index (χ2n) is 9.41. The molecule has 0 aliphatic carbocycles. The van der Waals surface area contributed by atoms with Gasteiger partial charge in [-0.1, -0.05) is 23.8 Å². The molecule has 0 spiro atoms. The van der Waals surface area contributed by atoms with Crippen LogP contribution >= 0.6 is 0 Å². The molecule has 0 amide bonds. The molecule has 0 unspecified atom stereocenters. The Morgan fingerprint density at radius 3 is 2.66 bits per heavy atom. The highest BCUT2D eigenvalue weighted by Crippen LogP contribution is 2.30. The minimum Gasteiger partial charge on any atom is -0.493 e. The Balaban J connectivity index is 1.26. The fourth-order valence-corrected chi connectivity index (χ4v) is 4.42. The molecule has 3 aromatic rings. The summed E-state index contributed by atoms with van der Waals surface area (Å²) in [4.78, 5) is 2.39. The first kappa shape index (κ1) is 25.1. The summed E-state index contributed by atoms with van der Waals surface area (Å²) >= 11 is 0. The number of aliphatic hydroxyl groups is 1. The van der Waals surface area contributed by atoms with Crippen LogP contribution in [0.1, 0.15) is 36.8 Å². The molecule has 2 aromatic carbocycles. The lowest BCUT2D eigenvalue weighted by molar-refractivity contribution is -0.0168. The van der Waals surface area contributed by atoms with Gasteiger partial charge in [0.2, 0.25) is 0 Å². The first-order valence-corrected chi connectivity index (χ1v) is 12.4. The number of aromatic nitrogens is 2. The third-order valence-corrected chi connectivity index (χ3v) is 6.52. The predicted octanol–water partition coefficient (Wildman–Crippen LogP) is 4.47. The van der Waals surface area contributed by atoms with E-state index in [1.54, 1.807) is 13.3 Å². The summed E-state index contributed by atoms with van der Waals surface area (Å²) in [5, 5.41) is 15.4. The summed E-state index contributed by atoms with van der Waals surface area (Å²) in [7, 11) is 1.68. The monoisotopic (exact) mass is 479 g/mol. The average molecular weight is 480 g/mol. The highest BCUT2D eigenvalue weighted by molar-refractivity contribution is 5.43. The zero-order chi connectivity index (χ0) is 24.5. The smallest absolute Gasteiger partial charge is 0.161 e. The standard InChI is InChI=1S/C28H37N3O4/c1-23-6-9-25(10-7-23)35-22-28(32)12-3-15-30(18-13-28)21-24-8-11-26(27(20-24)33-2)34-19-5-17-31-16-4-14-29-31/h4,6-11,14,16,20,32H,3,5,12-13,15,17-19,21-22H2,1-2H3/t28-/m1/s1. The van der Waals surface area contributed by atoms with Crippen LogP contribution in [0.15, 0.2) is 60.9 Å². The van der Waals surface area contributed by atoms with Gasteiger partial charge in [0.1, 0.15) is 12.4 Å². The Kier molecular flexibility index (Phi) is 8.66. The van der Waals surface area contributed by atoms with Gasteiger partial charge in [0, 0.05) is 38.4 Å². The molecule has 35 heavy (non-hydrogen) atoms. The van der Waals surface area contributed by atoms with Crippen LogP contribution in [0.3, 0.4) is 0 Å². The molecule has 2 heterocycles. The van der Waals surface area contributed by atoms with E-state index < -0.39 is 5.60 Å². The molecule has 7 nitrogen and oxygen atoms in total. The summed E-state index contributed by atoms with van der Waals surface area (Å²) in [6, 6.07) is 16.0. The van der Waals surface area contributed by atoms with E-state index >= 15 is 0 Å². The van der Waals surface area contributed by atoms with Crippen LogP contribution in [0.25, 0.3) is 0 Å². The van der Waals surface area contributed by atoms with Crippen LogP contribution in [0, 0.1) is 6.92 Å². The third-order valence-electron chi connectivity index (χ3n) is 6.52. The van der Waals surface area contributed by atoms with Crippen molar-refractivity contribution in [3.63, 3.8) is 0 Å². The zero-order valence-electron chi connectivity index (χ0n) is 20.9. The van der Waals surface area contributed by atoms with E-state index in [2.05, 4.69) is 29.1 Å². The number of ether oxygens (including phenoxy) is 3. The number of hydrogen-bond acceptors (Lipinski definition) is 6. The largest absolute Gasteiger partial charge is 0.493 e. The van der Waals surface area contributed by atoms with Crippen LogP contribution in [-0.2, 0) is 13.1 Å². The molecule has 1 fully saturated rings. The lowest BCUT2D eigenvalue weighted by Gasteiger charge is -2.27. The SMILES string of the molecule is COc1cc(CN2CCC[C@](O)(COc3ccc(C)cc3)CC2)ccc1OCCCn1cccn1. The van der Waals surface area contributed by atoms with E-state index in [-0.39, 0.29) is 0 Å². The fourth-order valence-electron chi connectivity index (χ4n) is 4.42. The molecule has 1 N–H and O–H groups in total. The number of rotatable bonds is 11. The molecule has 7 heteroatoms. The minimum atomic E-state index is -0.800. The molecule has 1 aliphatic heterocycles. The van der Waals surface area contributed by atoms with Crippen molar-refractivity contribution in [2.75, 3.05) is 33.4 Å². The van der Waals surface area contributed by atoms with Gasteiger partial charge in [-0.05, 0) is 68.6 Å². The van der Waals surface area contributed by atoms with Crippen molar-refractivity contribution in [2.24, 2.45) is 0 Å². The molecular formula is C28H37N3O4. The van der Waals surface area contributed by atoms with Crippen molar-refractivity contribution in [2.45, 2.75) is 51.3 Å². The third kappa shape index (κ3) is 7.47. The topological polar surface area (TPSA) is 69.0 Å². The summed E-state index contributed by atoms with van der Waals surface area (Å²) in [6.45, 7) is 6.38. The van der Waals surface area contributed by atoms with Crippen molar-refractivity contribution >= 4 is 0 Å². The zero-order valence-corrected chi connectivity index (χ0v) is 20.9. The molecule has 1 atom stereocenters. The first-order chi connectivity index (χ1) is 17.0. The first-order valence-electron chi connectivity index (χ1n) is 12.4. The van der Waals surface area contributed by atoms with E-state index in [1.165, 1.54) is 11.1 Å². The second-order valence-corrected chi connectivity index (χ2v) is 9.41. The normalized spacial score (nSPS) is 18.7. The number of likely N-dealkylation sites (tertiary alicyclic amines) is 1. The molecule has 1 saturated heterocycles. The quantitative estimate of drug-likeness (QED) is 0.410. The Bertz CT molecular complexity index is 1040. The predicted molar refractivity (Wildman–Crippen MR) is 136 cm³/mol. The maximum absolute atomic E-state index is 11.1. The number of aryl methyl sites for hydroxylation is 2. The molecular weight excluding hydrogens is 442 g/mol. The van der Waals surface area contributed by atoms with Gasteiger partial charge in [-0.3, -0.25) is 9.58 Å². The van der Waals surface area contributed by atoms with Crippen molar-refractivity contribution in [3.8, 4) is 17.2 Å². The highest BCUT2D eigenvalue weighted by atomic mass is 16.5. The van der Waals surface area contributed by atoms with Crippen molar-refractivity contribution in [1.82, 2.24) is 14.7 Å². The van der Waals surface area contributed by atoms with Gasteiger partial charge >= 0.3 is 0 Å². The number of benzene rings is 2. The minimum absolute atomic E-state index is 0.324. The molecule has 0 bridgehead atoms. The van der Waals surface area contributed by atoms with Gasteiger partial charge in [-0.2, -0.15) is 5.10 Å². The summed E-state index contributed by atoms with van der Waals surface area (Å²) < 4.78 is 19.4. The van der Waals surface area contributed by atoms with Crippen LogP contribution in [0.2, 0.25) is 0 Å². The van der Waals surface area contributed by atoms with Crippen LogP contribution in [0.4, 0.5) is 0 Å². The van der Waals surface area contributed by atoms with E-state index in [9.17, 15) is 5.11 Å². The Morgan fingerprint density at radius 1 is 1.03 bits per heavy atom. The van der Waals surface area contributed by atoms with Gasteiger partial charge < -0.3 is 19.3 Å². The molecule has 4 rings (SSSR count). The highest BCUT2D eigenvalue weighted by Gasteiger charge is 2.31. The molecule has 0 saturated carbocycles. The van der Waals surface area contributed by atoms with Crippen LogP contribution in [0.5, 0.6) is 17.2 Å². The van der Waals surface area contributed by atoms with Crippen molar-refractivity contribution in [1.29, 1.82) is 0 Å². The maximum Gasteiger partial charge on any atom is 0.161 e. The van der Waals surface area contributed by atoms with Crippen molar-refractivity contribution in [3.05, 3.63) is 72.1 Å². The van der Waals surface area contributed by atoms with Gasteiger partial charge in [-0.15, -0.1) is 0 Å². The maximum atomic E-state index is 11.1. The van der Waals surface area contributed by atoms with E-state index in [0.29, 0.717) is 19.6 Å². The Hall–Kier alpha value is -3.03. The van der Waals surface area contributed by atoms with E-state index in [1.807, 2.05) is 47.3 Å². The van der Waals surface area contributed by atoms with Crippen molar-refractivity contribution < 1.29 is 19.3 Å². The second kappa shape index (κ2) is 12.1. The summed E-state index contributed by atoms with van der Waals surface area (Å²) in [5.74, 6) is 2.32. The number of nitrogens with zero attached hydrogens (tertiary/aromatic N) is 3. The molecule has 1 aliphatic rings. The lowest BCUT2D eigenvalue weighted by Crippen LogP contribution is -2.37. The van der Waals surface area contributed by atoms with Gasteiger partial charge in [0.25, 0.3) is 0 Å². The molecule has 0 radical (unpaired) electrons. The van der Waals surface area contributed by atoms with Gasteiger partial charge in [0.15, 0.2) is 11.5 Å². The van der Waals surface area contributed by atoms with E-state index in [0.717, 1.165) is 62.7 Å². The fraction of sp³-hybridized carbons (Fsp3) is 0.464. The average Bonchev–Trinajstić information content (AvgIpc) is 3.32. The van der Waals surface area contributed by atoms with Crippen LogP contribution < -0.4 is 14.2 Å². The number of methoxy groups -OCH3 is 1. The summed E-state index contributed by atoms with van der Waals surface area (Å²) in [5.41, 5.74) is 1.57. The Labute approximate surface area is 208 Å². The molecule has 188 valence electrons. The van der Waals surface area contributed by atoms with E-state index in [4.69, 9.17) is 14.2 Å². The Morgan fingerprint density at radius 2 is 1.89 bits per heavy atom. The van der Waals surface area contributed by atoms with Gasteiger partial charge in [-0.25, -0.2) is 0 Å². The number of hydrogen-bond donors (Lipinski definition) is 1. The lowest BCUT2D eigenvalue weighted by atomic mass is 9.96. The van der Waals surface area contributed by atoms with Crippen LogP contribution in [-0.4, -0.2) is 58.8 Å². The molecule has 1 aromatic heterocycles. The van der Waals surface area contributed by atoms with Gasteiger partial charge in [0.05, 0.1) is 19.3 Å². The summed E-state index contributed by atoms with van der Waals surface area (Å²) in [6.07, 6.45) is 6.97.